The molecule has 1 saturated carbocycles. The molecule has 1 aromatic carbocycles. The quantitative estimate of drug-likeness (QED) is 0.809. The zero-order valence-electron chi connectivity index (χ0n) is 10.1. The van der Waals surface area contributed by atoms with Crippen LogP contribution < -0.4 is 10.6 Å². The van der Waals surface area contributed by atoms with Crippen molar-refractivity contribution in [3.8, 4) is 0 Å². The Morgan fingerprint density at radius 3 is 2.81 bits per heavy atom. The van der Waals surface area contributed by atoms with Crippen molar-refractivity contribution in [1.82, 2.24) is 10.6 Å². The first kappa shape index (κ1) is 10.3. The summed E-state index contributed by atoms with van der Waals surface area (Å²) in [6.07, 6.45) is 1.32. The van der Waals surface area contributed by atoms with Crippen LogP contribution in [-0.4, -0.2) is 6.04 Å². The van der Waals surface area contributed by atoms with Crippen molar-refractivity contribution in [2.75, 3.05) is 0 Å². The van der Waals surface area contributed by atoms with E-state index in [1.807, 2.05) is 0 Å². The number of benzene rings is 1. The summed E-state index contributed by atoms with van der Waals surface area (Å²) in [5, 5.41) is 7.02. The molecular weight excluding hydrogens is 196 g/mol. The van der Waals surface area contributed by atoms with E-state index in [0.29, 0.717) is 5.41 Å². The molecular formula is C14H20N2. The monoisotopic (exact) mass is 216 g/mol. The first-order valence-corrected chi connectivity index (χ1v) is 6.20. The molecule has 16 heavy (non-hydrogen) atoms. The summed E-state index contributed by atoms with van der Waals surface area (Å²) in [7, 11) is 0. The van der Waals surface area contributed by atoms with Crippen LogP contribution in [0.25, 0.3) is 0 Å². The molecule has 0 spiro atoms. The SMILES string of the molecule is CC1(C)CC1NCc1ccc2c(c1)CNC2. The molecule has 3 rings (SSSR count). The first-order chi connectivity index (χ1) is 7.65. The minimum atomic E-state index is 0.526. The Balaban J connectivity index is 1.63. The average molecular weight is 216 g/mol. The van der Waals surface area contributed by atoms with E-state index in [9.17, 15) is 0 Å². The molecule has 0 bridgehead atoms. The van der Waals surface area contributed by atoms with Crippen molar-refractivity contribution in [2.45, 2.75) is 45.9 Å². The Kier molecular flexibility index (Phi) is 2.30. The van der Waals surface area contributed by atoms with Crippen LogP contribution in [-0.2, 0) is 19.6 Å². The Labute approximate surface area is 97.4 Å². The second-order valence-corrected chi connectivity index (χ2v) is 5.83. The lowest BCUT2D eigenvalue weighted by molar-refractivity contribution is 0.542. The standard InChI is InChI=1S/C14H20N2/c1-14(2)6-13(14)16-7-10-3-4-11-8-15-9-12(11)5-10/h3-5,13,15-16H,6-9H2,1-2H3. The number of hydrogen-bond acceptors (Lipinski definition) is 2. The lowest BCUT2D eigenvalue weighted by Crippen LogP contribution is -2.19. The van der Waals surface area contributed by atoms with Gasteiger partial charge in [-0.25, -0.2) is 0 Å². The molecule has 2 nitrogen and oxygen atoms in total. The van der Waals surface area contributed by atoms with Gasteiger partial charge in [0.2, 0.25) is 0 Å². The maximum Gasteiger partial charge on any atom is 0.0212 e. The molecule has 1 heterocycles. The normalized spacial score (nSPS) is 25.5. The van der Waals surface area contributed by atoms with Gasteiger partial charge in [-0.05, 0) is 28.5 Å². The minimum Gasteiger partial charge on any atom is -0.309 e. The molecule has 2 aliphatic rings. The zero-order chi connectivity index (χ0) is 11.2. The fourth-order valence-electron chi connectivity index (χ4n) is 2.51. The highest BCUT2D eigenvalue weighted by Gasteiger charge is 2.44. The van der Waals surface area contributed by atoms with Crippen molar-refractivity contribution in [2.24, 2.45) is 5.41 Å². The molecule has 0 aromatic heterocycles. The third kappa shape index (κ3) is 1.87. The highest BCUT2D eigenvalue weighted by molar-refractivity contribution is 5.34. The fraction of sp³-hybridized carbons (Fsp3) is 0.571. The number of rotatable bonds is 3. The van der Waals surface area contributed by atoms with E-state index in [2.05, 4.69) is 42.7 Å². The van der Waals surface area contributed by atoms with Crippen LogP contribution in [0.2, 0.25) is 0 Å². The molecule has 2 heteroatoms. The van der Waals surface area contributed by atoms with Gasteiger partial charge in [0.25, 0.3) is 0 Å². The van der Waals surface area contributed by atoms with Crippen molar-refractivity contribution in [3.05, 3.63) is 34.9 Å². The van der Waals surface area contributed by atoms with Gasteiger partial charge in [-0.2, -0.15) is 0 Å². The van der Waals surface area contributed by atoms with Crippen LogP contribution in [0.3, 0.4) is 0 Å². The Morgan fingerprint density at radius 1 is 1.31 bits per heavy atom. The third-order valence-corrected chi connectivity index (χ3v) is 3.97. The molecule has 86 valence electrons. The topological polar surface area (TPSA) is 24.1 Å². The van der Waals surface area contributed by atoms with Crippen LogP contribution in [0, 0.1) is 5.41 Å². The van der Waals surface area contributed by atoms with Crippen LogP contribution in [0.5, 0.6) is 0 Å². The van der Waals surface area contributed by atoms with E-state index < -0.39 is 0 Å². The largest absolute Gasteiger partial charge is 0.309 e. The molecule has 2 N–H and O–H groups in total. The number of nitrogens with one attached hydrogen (secondary N) is 2. The molecule has 0 amide bonds. The molecule has 1 fully saturated rings. The van der Waals surface area contributed by atoms with Crippen molar-refractivity contribution >= 4 is 0 Å². The molecule has 1 aromatic rings. The fourth-order valence-corrected chi connectivity index (χ4v) is 2.51. The minimum absolute atomic E-state index is 0.526. The maximum absolute atomic E-state index is 3.63. The molecule has 1 atom stereocenters. The van der Waals surface area contributed by atoms with Crippen molar-refractivity contribution in [3.63, 3.8) is 0 Å². The summed E-state index contributed by atoms with van der Waals surface area (Å²) >= 11 is 0. The van der Waals surface area contributed by atoms with Crippen LogP contribution >= 0.6 is 0 Å². The van der Waals surface area contributed by atoms with E-state index in [-0.39, 0.29) is 0 Å². The van der Waals surface area contributed by atoms with Gasteiger partial charge in [-0.3, -0.25) is 0 Å². The van der Waals surface area contributed by atoms with Crippen LogP contribution in [0.1, 0.15) is 37.0 Å². The molecule has 0 saturated heterocycles. The highest BCUT2D eigenvalue weighted by Crippen LogP contribution is 2.44. The predicted octanol–water partition coefficient (Wildman–Crippen LogP) is 2.18. The van der Waals surface area contributed by atoms with E-state index in [0.717, 1.165) is 25.7 Å². The lowest BCUT2D eigenvalue weighted by atomic mass is 10.1. The summed E-state index contributed by atoms with van der Waals surface area (Å²) in [5.74, 6) is 0. The predicted molar refractivity (Wildman–Crippen MR) is 66.0 cm³/mol. The molecule has 1 unspecified atom stereocenters. The highest BCUT2D eigenvalue weighted by atomic mass is 15.0. The van der Waals surface area contributed by atoms with Gasteiger partial charge in [0.05, 0.1) is 0 Å². The van der Waals surface area contributed by atoms with Gasteiger partial charge >= 0.3 is 0 Å². The van der Waals surface area contributed by atoms with Crippen molar-refractivity contribution < 1.29 is 0 Å². The Morgan fingerprint density at radius 2 is 2.06 bits per heavy atom. The molecule has 0 radical (unpaired) electrons. The molecule has 1 aliphatic heterocycles. The maximum atomic E-state index is 3.63. The Hall–Kier alpha value is -0.860. The number of hydrogen-bond donors (Lipinski definition) is 2. The summed E-state index contributed by atoms with van der Waals surface area (Å²) in [4.78, 5) is 0. The van der Waals surface area contributed by atoms with Gasteiger partial charge in [0.1, 0.15) is 0 Å². The zero-order valence-corrected chi connectivity index (χ0v) is 10.1. The van der Waals surface area contributed by atoms with Crippen molar-refractivity contribution in [1.29, 1.82) is 0 Å². The summed E-state index contributed by atoms with van der Waals surface area (Å²) in [5.41, 5.74) is 4.90. The van der Waals surface area contributed by atoms with E-state index in [4.69, 9.17) is 0 Å². The van der Waals surface area contributed by atoms with E-state index in [1.54, 1.807) is 0 Å². The van der Waals surface area contributed by atoms with Crippen LogP contribution in [0.4, 0.5) is 0 Å². The summed E-state index contributed by atoms with van der Waals surface area (Å²) < 4.78 is 0. The number of fused-ring (bicyclic) bond motifs is 1. The lowest BCUT2D eigenvalue weighted by Gasteiger charge is -2.08. The smallest absolute Gasteiger partial charge is 0.0212 e. The van der Waals surface area contributed by atoms with Gasteiger partial charge in [0, 0.05) is 25.7 Å². The van der Waals surface area contributed by atoms with Gasteiger partial charge in [-0.15, -0.1) is 0 Å². The molecule has 1 aliphatic carbocycles. The van der Waals surface area contributed by atoms with Gasteiger partial charge < -0.3 is 10.6 Å². The second-order valence-electron chi connectivity index (χ2n) is 5.83. The third-order valence-electron chi connectivity index (χ3n) is 3.97. The summed E-state index contributed by atoms with van der Waals surface area (Å²) in [6.45, 7) is 7.76. The first-order valence-electron chi connectivity index (χ1n) is 6.20. The van der Waals surface area contributed by atoms with Crippen LogP contribution in [0.15, 0.2) is 18.2 Å². The van der Waals surface area contributed by atoms with Gasteiger partial charge in [0.15, 0.2) is 0 Å². The van der Waals surface area contributed by atoms with E-state index in [1.165, 1.54) is 23.1 Å². The van der Waals surface area contributed by atoms with E-state index >= 15 is 0 Å². The Bertz CT molecular complexity index is 409. The summed E-state index contributed by atoms with van der Waals surface area (Å²) in [6, 6.07) is 7.59. The average Bonchev–Trinajstić information content (AvgIpc) is 2.69. The second kappa shape index (κ2) is 3.57. The van der Waals surface area contributed by atoms with Gasteiger partial charge in [-0.1, -0.05) is 32.0 Å².